The van der Waals surface area contributed by atoms with Crippen molar-refractivity contribution in [1.82, 2.24) is 9.88 Å². The zero-order valence-electron chi connectivity index (χ0n) is 12.8. The maximum atomic E-state index is 11.8. The first-order valence-corrected chi connectivity index (χ1v) is 8.29. The van der Waals surface area contributed by atoms with Crippen LogP contribution in [0.3, 0.4) is 0 Å². The van der Waals surface area contributed by atoms with E-state index >= 15 is 0 Å². The van der Waals surface area contributed by atoms with Crippen molar-refractivity contribution in [1.29, 1.82) is 0 Å². The number of carbonyl (C=O) groups excluding carboxylic acids is 1. The molecule has 0 radical (unpaired) electrons. The molecule has 0 saturated heterocycles. The number of benzene rings is 1. The molecule has 1 unspecified atom stereocenters. The zero-order valence-corrected chi connectivity index (χ0v) is 13.6. The maximum absolute atomic E-state index is 11.8. The summed E-state index contributed by atoms with van der Waals surface area (Å²) in [5.74, 6) is -0.213. The van der Waals surface area contributed by atoms with Crippen molar-refractivity contribution < 1.29 is 9.90 Å². The van der Waals surface area contributed by atoms with E-state index in [9.17, 15) is 9.90 Å². The molecule has 1 atom stereocenters. The molecule has 0 saturated carbocycles. The third-order valence-corrected chi connectivity index (χ3v) is 4.43. The van der Waals surface area contributed by atoms with Crippen molar-refractivity contribution in [3.05, 3.63) is 64.5 Å². The molecule has 1 aromatic carbocycles. The average Bonchev–Trinajstić information content (AvgIpc) is 3.19. The number of fused-ring (bicyclic) bond motifs is 1. The van der Waals surface area contributed by atoms with Crippen LogP contribution in [0.1, 0.15) is 17.2 Å². The molecule has 0 aliphatic heterocycles. The average molecular weight is 326 g/mol. The number of aryl methyl sites for hydroxylation is 1. The summed E-state index contributed by atoms with van der Waals surface area (Å²) >= 11 is 1.58. The van der Waals surface area contributed by atoms with Crippen molar-refractivity contribution in [2.45, 2.75) is 6.10 Å². The number of aliphatic hydroxyl groups is 1. The molecule has 0 aliphatic carbocycles. The smallest absolute Gasteiger partial charge is 0.244 e. The van der Waals surface area contributed by atoms with Gasteiger partial charge in [-0.3, -0.25) is 4.79 Å². The summed E-state index contributed by atoms with van der Waals surface area (Å²) < 4.78 is 1.98. The van der Waals surface area contributed by atoms with E-state index in [2.05, 4.69) is 5.32 Å². The van der Waals surface area contributed by atoms with E-state index in [0.29, 0.717) is 0 Å². The van der Waals surface area contributed by atoms with E-state index in [4.69, 9.17) is 0 Å². The molecule has 0 bridgehead atoms. The van der Waals surface area contributed by atoms with Gasteiger partial charge in [0.25, 0.3) is 0 Å². The van der Waals surface area contributed by atoms with Gasteiger partial charge < -0.3 is 15.0 Å². The highest BCUT2D eigenvalue weighted by molar-refractivity contribution is 7.08. The van der Waals surface area contributed by atoms with Gasteiger partial charge in [0.15, 0.2) is 0 Å². The largest absolute Gasteiger partial charge is 0.386 e. The zero-order chi connectivity index (χ0) is 16.2. The van der Waals surface area contributed by atoms with Gasteiger partial charge in [-0.1, -0.05) is 18.2 Å². The molecule has 118 valence electrons. The standard InChI is InChI=1S/C18H18N2O2S/c1-20-11-15(14-4-2-3-5-16(14)20)17(21)10-19-18(22)7-6-13-8-9-23-12-13/h2-9,11-12,17,21H,10H2,1H3,(H,19,22)/b7-6+. The predicted octanol–water partition coefficient (Wildman–Crippen LogP) is 3.10. The first-order valence-electron chi connectivity index (χ1n) is 7.35. The second-order valence-electron chi connectivity index (χ2n) is 5.36. The number of nitrogens with one attached hydrogen (secondary N) is 1. The fourth-order valence-electron chi connectivity index (χ4n) is 2.55. The molecule has 0 spiro atoms. The number of thiophene rings is 1. The number of carbonyl (C=O) groups is 1. The molecule has 2 heterocycles. The number of hydrogen-bond acceptors (Lipinski definition) is 3. The highest BCUT2D eigenvalue weighted by atomic mass is 32.1. The summed E-state index contributed by atoms with van der Waals surface area (Å²) in [7, 11) is 1.95. The summed E-state index contributed by atoms with van der Waals surface area (Å²) in [6, 6.07) is 9.84. The van der Waals surface area contributed by atoms with Crippen molar-refractivity contribution in [2.75, 3.05) is 6.54 Å². The van der Waals surface area contributed by atoms with E-state index < -0.39 is 6.10 Å². The van der Waals surface area contributed by atoms with E-state index in [1.165, 1.54) is 6.08 Å². The number of amides is 1. The third-order valence-electron chi connectivity index (χ3n) is 3.73. The Bertz CT molecular complexity index is 834. The van der Waals surface area contributed by atoms with Crippen LogP contribution in [0.25, 0.3) is 17.0 Å². The Labute approximate surface area is 138 Å². The maximum Gasteiger partial charge on any atom is 0.244 e. The van der Waals surface area contributed by atoms with Gasteiger partial charge in [-0.05, 0) is 34.5 Å². The summed E-state index contributed by atoms with van der Waals surface area (Å²) in [6.45, 7) is 0.181. The number of nitrogens with zero attached hydrogens (tertiary/aromatic N) is 1. The summed E-state index contributed by atoms with van der Waals surface area (Å²) in [6.07, 6.45) is 4.41. The number of para-hydroxylation sites is 1. The number of rotatable bonds is 5. The van der Waals surface area contributed by atoms with Crippen LogP contribution in [-0.2, 0) is 11.8 Å². The molecule has 0 aliphatic rings. The fraction of sp³-hybridized carbons (Fsp3) is 0.167. The van der Waals surface area contributed by atoms with E-state index in [1.54, 1.807) is 17.4 Å². The van der Waals surface area contributed by atoms with Crippen LogP contribution in [0.4, 0.5) is 0 Å². The van der Waals surface area contributed by atoms with Crippen LogP contribution in [0.2, 0.25) is 0 Å². The van der Waals surface area contributed by atoms with Crippen LogP contribution < -0.4 is 5.32 Å². The lowest BCUT2D eigenvalue weighted by Gasteiger charge is -2.10. The minimum Gasteiger partial charge on any atom is -0.386 e. The second-order valence-corrected chi connectivity index (χ2v) is 6.14. The third kappa shape index (κ3) is 3.52. The molecule has 3 rings (SSSR count). The molecule has 0 fully saturated rings. The van der Waals surface area contributed by atoms with Gasteiger partial charge in [0, 0.05) is 42.3 Å². The molecular formula is C18H18N2O2S. The van der Waals surface area contributed by atoms with Crippen molar-refractivity contribution in [3.63, 3.8) is 0 Å². The van der Waals surface area contributed by atoms with Gasteiger partial charge in [-0.15, -0.1) is 0 Å². The van der Waals surface area contributed by atoms with Gasteiger partial charge in [0.05, 0.1) is 6.10 Å². The van der Waals surface area contributed by atoms with E-state index in [-0.39, 0.29) is 12.5 Å². The quantitative estimate of drug-likeness (QED) is 0.708. The van der Waals surface area contributed by atoms with Crippen LogP contribution in [0.15, 0.2) is 53.4 Å². The first kappa shape index (κ1) is 15.5. The minimum atomic E-state index is -0.736. The summed E-state index contributed by atoms with van der Waals surface area (Å²) in [5.41, 5.74) is 2.88. The van der Waals surface area contributed by atoms with E-state index in [1.807, 2.05) is 58.9 Å². The van der Waals surface area contributed by atoms with E-state index in [0.717, 1.165) is 22.0 Å². The van der Waals surface area contributed by atoms with Gasteiger partial charge >= 0.3 is 0 Å². The Kier molecular flexibility index (Phi) is 4.60. The van der Waals surface area contributed by atoms with Gasteiger partial charge in [0.2, 0.25) is 5.91 Å². The minimum absolute atomic E-state index is 0.181. The Hall–Kier alpha value is -2.37. The lowest BCUT2D eigenvalue weighted by molar-refractivity contribution is -0.116. The monoisotopic (exact) mass is 326 g/mol. The second kappa shape index (κ2) is 6.81. The highest BCUT2D eigenvalue weighted by Gasteiger charge is 2.14. The first-order chi connectivity index (χ1) is 11.1. The normalized spacial score (nSPS) is 12.8. The van der Waals surface area contributed by atoms with Crippen molar-refractivity contribution in [2.24, 2.45) is 7.05 Å². The summed E-state index contributed by atoms with van der Waals surface area (Å²) in [4.78, 5) is 11.8. The lowest BCUT2D eigenvalue weighted by Crippen LogP contribution is -2.26. The molecule has 2 N–H and O–H groups in total. The Morgan fingerprint density at radius 1 is 1.39 bits per heavy atom. The van der Waals surface area contributed by atoms with Gasteiger partial charge in [-0.25, -0.2) is 0 Å². The Morgan fingerprint density at radius 2 is 2.22 bits per heavy atom. The molecule has 5 heteroatoms. The number of aromatic nitrogens is 1. The Balaban J connectivity index is 1.64. The molecule has 4 nitrogen and oxygen atoms in total. The van der Waals surface area contributed by atoms with Crippen molar-refractivity contribution in [3.8, 4) is 0 Å². The molecular weight excluding hydrogens is 308 g/mol. The van der Waals surface area contributed by atoms with Crippen LogP contribution in [-0.4, -0.2) is 22.1 Å². The van der Waals surface area contributed by atoms with Crippen LogP contribution >= 0.6 is 11.3 Å². The SMILES string of the molecule is Cn1cc(C(O)CNC(=O)/C=C/c2ccsc2)c2ccccc21. The van der Waals surface area contributed by atoms with Crippen molar-refractivity contribution >= 4 is 34.2 Å². The molecule has 23 heavy (non-hydrogen) atoms. The van der Waals surface area contributed by atoms with Crippen LogP contribution in [0, 0.1) is 0 Å². The predicted molar refractivity (Wildman–Crippen MR) is 94.2 cm³/mol. The highest BCUT2D eigenvalue weighted by Crippen LogP contribution is 2.25. The molecule has 1 amide bonds. The lowest BCUT2D eigenvalue weighted by atomic mass is 10.1. The fourth-order valence-corrected chi connectivity index (χ4v) is 3.17. The molecule has 2 aromatic heterocycles. The summed E-state index contributed by atoms with van der Waals surface area (Å²) in [5, 5.41) is 18.1. The Morgan fingerprint density at radius 3 is 3.00 bits per heavy atom. The number of aliphatic hydroxyl groups excluding tert-OH is 1. The van der Waals surface area contributed by atoms with Gasteiger partial charge in [-0.2, -0.15) is 11.3 Å². The van der Waals surface area contributed by atoms with Crippen LogP contribution in [0.5, 0.6) is 0 Å². The van der Waals surface area contributed by atoms with Gasteiger partial charge in [0.1, 0.15) is 0 Å². The topological polar surface area (TPSA) is 54.3 Å². The molecule has 3 aromatic rings. The number of hydrogen-bond donors (Lipinski definition) is 2.